The van der Waals surface area contributed by atoms with Gasteiger partial charge in [-0.2, -0.15) is 10.1 Å². The van der Waals surface area contributed by atoms with Gasteiger partial charge in [-0.25, -0.2) is 0 Å². The third-order valence-corrected chi connectivity index (χ3v) is 5.92. The number of rotatable bonds is 7. The Hall–Kier alpha value is -3.16. The maximum absolute atomic E-state index is 12.6. The van der Waals surface area contributed by atoms with Gasteiger partial charge in [0.1, 0.15) is 11.9 Å². The highest BCUT2D eigenvalue weighted by Crippen LogP contribution is 2.39. The molecule has 2 aliphatic rings. The summed E-state index contributed by atoms with van der Waals surface area (Å²) in [4.78, 5) is 19.0. The van der Waals surface area contributed by atoms with Gasteiger partial charge >= 0.3 is 0 Å². The van der Waals surface area contributed by atoms with E-state index in [1.807, 2.05) is 53.8 Å². The number of aromatic nitrogens is 4. The number of ether oxygens (including phenoxy) is 1. The molecule has 0 spiro atoms. The van der Waals surface area contributed by atoms with Gasteiger partial charge in [-0.3, -0.25) is 9.48 Å². The van der Waals surface area contributed by atoms with Gasteiger partial charge in [0.25, 0.3) is 0 Å². The Kier molecular flexibility index (Phi) is 5.21. The lowest BCUT2D eigenvalue weighted by molar-refractivity contribution is -0.130. The first-order valence-corrected chi connectivity index (χ1v) is 10.9. The van der Waals surface area contributed by atoms with Crippen molar-refractivity contribution in [1.29, 1.82) is 0 Å². The number of amides is 1. The van der Waals surface area contributed by atoms with Gasteiger partial charge < -0.3 is 14.2 Å². The second-order valence-electron chi connectivity index (χ2n) is 8.52. The molecule has 2 aromatic heterocycles. The fourth-order valence-electron chi connectivity index (χ4n) is 4.04. The van der Waals surface area contributed by atoms with E-state index in [4.69, 9.17) is 9.26 Å². The number of hydrogen-bond acceptors (Lipinski definition) is 6. The summed E-state index contributed by atoms with van der Waals surface area (Å²) in [7, 11) is 0. The van der Waals surface area contributed by atoms with Crippen LogP contribution < -0.4 is 4.74 Å². The number of benzene rings is 1. The topological polar surface area (TPSA) is 86.3 Å². The smallest absolute Gasteiger partial charge is 0.230 e. The molecule has 0 radical (unpaired) electrons. The van der Waals surface area contributed by atoms with Gasteiger partial charge in [0.05, 0.1) is 12.2 Å². The number of nitrogens with zero attached hydrogens (tertiary/aromatic N) is 5. The largest absolute Gasteiger partial charge is 0.489 e. The lowest BCUT2D eigenvalue weighted by atomic mass is 10.2. The Morgan fingerprint density at radius 1 is 1.19 bits per heavy atom. The molecular formula is C23H27N5O3. The fourth-order valence-corrected chi connectivity index (χ4v) is 4.04. The Balaban J connectivity index is 1.12. The van der Waals surface area contributed by atoms with Crippen LogP contribution in [0.3, 0.4) is 0 Å². The van der Waals surface area contributed by atoms with E-state index in [0.29, 0.717) is 31.3 Å². The van der Waals surface area contributed by atoms with E-state index >= 15 is 0 Å². The number of aryl methyl sites for hydroxylation is 3. The van der Waals surface area contributed by atoms with Gasteiger partial charge in [0, 0.05) is 43.1 Å². The number of likely N-dealkylation sites (tertiary alicyclic amines) is 1. The Labute approximate surface area is 181 Å². The van der Waals surface area contributed by atoms with Crippen molar-refractivity contribution in [3.05, 3.63) is 47.6 Å². The van der Waals surface area contributed by atoms with E-state index in [2.05, 4.69) is 15.2 Å². The molecule has 3 heterocycles. The normalized spacial score (nSPS) is 18.5. The van der Waals surface area contributed by atoms with Crippen molar-refractivity contribution in [3.8, 4) is 17.1 Å². The predicted molar refractivity (Wildman–Crippen MR) is 114 cm³/mol. The Morgan fingerprint density at radius 2 is 2.00 bits per heavy atom. The summed E-state index contributed by atoms with van der Waals surface area (Å²) in [5.41, 5.74) is 2.98. The van der Waals surface area contributed by atoms with E-state index in [1.165, 1.54) is 0 Å². The molecule has 5 rings (SSSR count). The lowest BCUT2D eigenvalue weighted by Crippen LogP contribution is -2.31. The van der Waals surface area contributed by atoms with Crippen LogP contribution in [0.4, 0.5) is 0 Å². The van der Waals surface area contributed by atoms with Crippen LogP contribution in [0.15, 0.2) is 34.9 Å². The van der Waals surface area contributed by atoms with Crippen LogP contribution in [-0.2, 0) is 11.3 Å². The molecule has 1 atom stereocenters. The molecule has 2 fully saturated rings. The van der Waals surface area contributed by atoms with Crippen molar-refractivity contribution in [1.82, 2.24) is 24.8 Å². The van der Waals surface area contributed by atoms with Crippen LogP contribution in [0.25, 0.3) is 11.4 Å². The van der Waals surface area contributed by atoms with Gasteiger partial charge in [-0.05, 0) is 57.0 Å². The SMILES string of the molecule is Cc1cc(C)n(CCC(=O)N2CCC(Oc3ccc(-c4noc(C5CC5)n4)cc3)C2)n1. The summed E-state index contributed by atoms with van der Waals surface area (Å²) in [5, 5.41) is 8.51. The van der Waals surface area contributed by atoms with Crippen molar-refractivity contribution in [3.63, 3.8) is 0 Å². The first-order valence-electron chi connectivity index (χ1n) is 10.9. The second-order valence-corrected chi connectivity index (χ2v) is 8.52. The van der Waals surface area contributed by atoms with Gasteiger partial charge in [-0.1, -0.05) is 5.16 Å². The fraction of sp³-hybridized carbons (Fsp3) is 0.478. The van der Waals surface area contributed by atoms with E-state index in [1.54, 1.807) is 0 Å². The minimum absolute atomic E-state index is 0.00938. The van der Waals surface area contributed by atoms with E-state index in [9.17, 15) is 4.79 Å². The Bertz CT molecular complexity index is 1070. The highest BCUT2D eigenvalue weighted by atomic mass is 16.5. The van der Waals surface area contributed by atoms with Crippen molar-refractivity contribution in [2.24, 2.45) is 0 Å². The van der Waals surface area contributed by atoms with Crippen LogP contribution in [-0.4, -0.2) is 49.9 Å². The highest BCUT2D eigenvalue weighted by molar-refractivity contribution is 5.76. The quantitative estimate of drug-likeness (QED) is 0.580. The molecule has 3 aromatic rings. The molecular weight excluding hydrogens is 394 g/mol. The summed E-state index contributed by atoms with van der Waals surface area (Å²) >= 11 is 0. The van der Waals surface area contributed by atoms with Gasteiger partial charge in [-0.15, -0.1) is 0 Å². The summed E-state index contributed by atoms with van der Waals surface area (Å²) < 4.78 is 13.3. The average Bonchev–Trinajstić information content (AvgIpc) is 3.16. The molecule has 31 heavy (non-hydrogen) atoms. The first-order chi connectivity index (χ1) is 15.0. The highest BCUT2D eigenvalue weighted by Gasteiger charge is 2.30. The predicted octanol–water partition coefficient (Wildman–Crippen LogP) is 3.50. The molecule has 162 valence electrons. The minimum atomic E-state index is 0.00938. The summed E-state index contributed by atoms with van der Waals surface area (Å²) in [5.74, 6) is 2.75. The summed E-state index contributed by atoms with van der Waals surface area (Å²) in [6, 6.07) is 9.78. The van der Waals surface area contributed by atoms with Gasteiger partial charge in [0.15, 0.2) is 0 Å². The zero-order valence-corrected chi connectivity index (χ0v) is 18.0. The molecule has 1 aromatic carbocycles. The number of carbonyl (C=O) groups excluding carboxylic acids is 1. The van der Waals surface area contributed by atoms with Crippen molar-refractivity contribution in [2.45, 2.75) is 58.1 Å². The van der Waals surface area contributed by atoms with E-state index in [-0.39, 0.29) is 12.0 Å². The third-order valence-electron chi connectivity index (χ3n) is 5.92. The molecule has 1 aliphatic heterocycles. The monoisotopic (exact) mass is 421 g/mol. The number of hydrogen-bond donors (Lipinski definition) is 0. The minimum Gasteiger partial charge on any atom is -0.489 e. The van der Waals surface area contributed by atoms with Crippen LogP contribution in [0, 0.1) is 13.8 Å². The zero-order valence-electron chi connectivity index (χ0n) is 18.0. The summed E-state index contributed by atoms with van der Waals surface area (Å²) in [6.07, 6.45) is 3.57. The third kappa shape index (κ3) is 4.47. The molecule has 8 nitrogen and oxygen atoms in total. The van der Waals surface area contributed by atoms with Crippen molar-refractivity contribution >= 4 is 5.91 Å². The maximum atomic E-state index is 12.6. The molecule has 1 amide bonds. The first kappa shape index (κ1) is 19.8. The average molecular weight is 422 g/mol. The lowest BCUT2D eigenvalue weighted by Gasteiger charge is -2.17. The maximum Gasteiger partial charge on any atom is 0.230 e. The number of carbonyl (C=O) groups is 1. The van der Waals surface area contributed by atoms with Crippen LogP contribution in [0.2, 0.25) is 0 Å². The van der Waals surface area contributed by atoms with E-state index in [0.717, 1.165) is 54.4 Å². The molecule has 1 unspecified atom stereocenters. The zero-order chi connectivity index (χ0) is 21.4. The standard InChI is InChI=1S/C23H27N5O3/c1-15-13-16(2)28(25-15)12-10-21(29)27-11-9-20(14-27)30-19-7-5-17(6-8-19)22-24-23(31-26-22)18-3-4-18/h5-8,13,18,20H,3-4,9-12,14H2,1-2H3. The Morgan fingerprint density at radius 3 is 2.71 bits per heavy atom. The van der Waals surface area contributed by atoms with Crippen molar-refractivity contribution < 1.29 is 14.1 Å². The molecule has 1 saturated heterocycles. The van der Waals surface area contributed by atoms with Crippen molar-refractivity contribution in [2.75, 3.05) is 13.1 Å². The molecule has 1 aliphatic carbocycles. The molecule has 0 bridgehead atoms. The molecule has 8 heteroatoms. The summed E-state index contributed by atoms with van der Waals surface area (Å²) in [6.45, 7) is 5.94. The van der Waals surface area contributed by atoms with Crippen LogP contribution >= 0.6 is 0 Å². The molecule has 0 N–H and O–H groups in total. The van der Waals surface area contributed by atoms with Gasteiger partial charge in [0.2, 0.25) is 17.6 Å². The van der Waals surface area contributed by atoms with Crippen LogP contribution in [0.5, 0.6) is 5.75 Å². The van der Waals surface area contributed by atoms with E-state index < -0.39 is 0 Å². The second kappa shape index (κ2) is 8.17. The molecule has 1 saturated carbocycles. The van der Waals surface area contributed by atoms with Crippen LogP contribution in [0.1, 0.15) is 48.9 Å².